The lowest BCUT2D eigenvalue weighted by Crippen LogP contribution is -1.86. The fourth-order valence-electron chi connectivity index (χ4n) is 2.47. The van der Waals surface area contributed by atoms with Crippen molar-refractivity contribution in [2.45, 2.75) is 0 Å². The zero-order valence-corrected chi connectivity index (χ0v) is 13.2. The summed E-state index contributed by atoms with van der Waals surface area (Å²) in [6.07, 6.45) is 1.74. The Labute approximate surface area is 142 Å². The zero-order chi connectivity index (χ0) is 16.4. The molecule has 2 aromatic carbocycles. The molecular weight excluding hydrogens is 320 g/mol. The molecule has 0 fully saturated rings. The Kier molecular flexibility index (Phi) is 3.67. The third-order valence-corrected chi connectivity index (χ3v) is 3.70. The molecule has 0 aliphatic carbocycles. The first-order chi connectivity index (χ1) is 11.8. The third kappa shape index (κ3) is 2.60. The summed E-state index contributed by atoms with van der Waals surface area (Å²) in [5.41, 5.74) is 3.32. The van der Waals surface area contributed by atoms with E-state index in [9.17, 15) is 0 Å². The van der Waals surface area contributed by atoms with Crippen LogP contribution in [0, 0.1) is 0 Å². The Bertz CT molecular complexity index is 1060. The van der Waals surface area contributed by atoms with Crippen molar-refractivity contribution in [3.63, 3.8) is 0 Å². The van der Waals surface area contributed by atoms with E-state index in [-0.39, 0.29) is 0 Å². The van der Waals surface area contributed by atoms with Crippen molar-refractivity contribution in [3.8, 4) is 22.8 Å². The average molecular weight is 330 g/mol. The number of aromatic nitrogens is 3. The number of rotatable bonds is 3. The van der Waals surface area contributed by atoms with Gasteiger partial charge >= 0.3 is 0 Å². The lowest BCUT2D eigenvalue weighted by molar-refractivity contribution is 0.432. The summed E-state index contributed by atoms with van der Waals surface area (Å²) in [6.45, 7) is 0. The van der Waals surface area contributed by atoms with E-state index in [0.29, 0.717) is 11.7 Å². The Morgan fingerprint density at radius 2 is 1.83 bits per heavy atom. The summed E-state index contributed by atoms with van der Waals surface area (Å²) in [4.78, 5) is 12.8. The summed E-state index contributed by atoms with van der Waals surface area (Å²) in [5.74, 6) is 0.980. The normalized spacial score (nSPS) is 10.5. The van der Waals surface area contributed by atoms with Gasteiger partial charge in [-0.25, -0.2) is 0 Å². The molecule has 0 aliphatic heterocycles. The Morgan fingerprint density at radius 1 is 1.00 bits per heavy atom. The smallest absolute Gasteiger partial charge is 0.258 e. The number of hydrogen-bond donors (Lipinski definition) is 0. The Balaban J connectivity index is 1.75. The maximum Gasteiger partial charge on any atom is 0.258 e. The first-order valence-corrected chi connectivity index (χ1v) is 7.62. The highest BCUT2D eigenvalue weighted by atomic mass is 32.1. The van der Waals surface area contributed by atoms with E-state index in [0.717, 1.165) is 27.7 Å². The minimum atomic E-state index is 0.448. The van der Waals surface area contributed by atoms with Crippen molar-refractivity contribution >= 4 is 34.0 Å². The van der Waals surface area contributed by atoms with Crippen LogP contribution in [0.4, 0.5) is 5.69 Å². The van der Waals surface area contributed by atoms with Crippen LogP contribution in [0.1, 0.15) is 0 Å². The van der Waals surface area contributed by atoms with Gasteiger partial charge in [0.25, 0.3) is 5.89 Å². The van der Waals surface area contributed by atoms with Gasteiger partial charge in [-0.1, -0.05) is 23.4 Å². The van der Waals surface area contributed by atoms with Gasteiger partial charge in [0.15, 0.2) is 0 Å². The molecule has 0 unspecified atom stereocenters. The lowest BCUT2D eigenvalue weighted by Gasteiger charge is -2.00. The van der Waals surface area contributed by atoms with Crippen molar-refractivity contribution in [2.24, 2.45) is 4.99 Å². The quantitative estimate of drug-likeness (QED) is 0.403. The number of fused-ring (bicyclic) bond motifs is 1. The lowest BCUT2D eigenvalue weighted by atomic mass is 10.1. The van der Waals surface area contributed by atoms with Crippen molar-refractivity contribution in [1.29, 1.82) is 0 Å². The van der Waals surface area contributed by atoms with Crippen molar-refractivity contribution in [3.05, 3.63) is 60.8 Å². The predicted molar refractivity (Wildman–Crippen MR) is 95.2 cm³/mol. The maximum atomic E-state index is 5.41. The number of pyridine rings is 1. The van der Waals surface area contributed by atoms with Crippen LogP contribution in [0.2, 0.25) is 0 Å². The van der Waals surface area contributed by atoms with Gasteiger partial charge in [0, 0.05) is 22.7 Å². The van der Waals surface area contributed by atoms with E-state index < -0.39 is 0 Å². The fourth-order valence-corrected chi connectivity index (χ4v) is 2.58. The van der Waals surface area contributed by atoms with Crippen molar-refractivity contribution in [1.82, 2.24) is 15.1 Å². The van der Waals surface area contributed by atoms with E-state index in [1.54, 1.807) is 6.20 Å². The largest absolute Gasteiger partial charge is 0.334 e. The van der Waals surface area contributed by atoms with Gasteiger partial charge in [0.1, 0.15) is 0 Å². The minimum Gasteiger partial charge on any atom is -0.334 e. The molecule has 0 aliphatic rings. The number of benzene rings is 2. The highest BCUT2D eigenvalue weighted by Gasteiger charge is 2.13. The van der Waals surface area contributed by atoms with Gasteiger partial charge in [0.2, 0.25) is 5.82 Å². The van der Waals surface area contributed by atoms with Gasteiger partial charge in [0.05, 0.1) is 16.4 Å². The summed E-state index contributed by atoms with van der Waals surface area (Å²) in [7, 11) is 0. The Morgan fingerprint density at radius 3 is 2.67 bits per heavy atom. The number of thiocarbonyl (C=S) groups is 1. The second-order valence-corrected chi connectivity index (χ2v) is 5.23. The highest BCUT2D eigenvalue weighted by Crippen LogP contribution is 2.28. The molecule has 4 aromatic rings. The standard InChI is InChI=1S/C18H10N4OS/c24-11-20-13-7-5-12(6-8-13)18-21-17(22-23-18)15-9-10-19-16-4-2-1-3-14(15)16/h1-10H. The molecule has 0 atom stereocenters. The molecule has 2 heterocycles. The van der Waals surface area contributed by atoms with Crippen LogP contribution in [-0.4, -0.2) is 20.3 Å². The van der Waals surface area contributed by atoms with E-state index in [4.69, 9.17) is 4.52 Å². The highest BCUT2D eigenvalue weighted by molar-refractivity contribution is 7.78. The fraction of sp³-hybridized carbons (Fsp3) is 0. The van der Waals surface area contributed by atoms with Crippen LogP contribution in [-0.2, 0) is 0 Å². The molecule has 0 N–H and O–H groups in total. The van der Waals surface area contributed by atoms with Crippen LogP contribution < -0.4 is 0 Å². The van der Waals surface area contributed by atoms with Crippen LogP contribution in [0.5, 0.6) is 0 Å². The summed E-state index contributed by atoms with van der Waals surface area (Å²) in [5, 5.41) is 7.43. The van der Waals surface area contributed by atoms with Gasteiger partial charge in [-0.15, -0.1) is 0 Å². The van der Waals surface area contributed by atoms with Crippen LogP contribution in [0.3, 0.4) is 0 Å². The average Bonchev–Trinajstić information content (AvgIpc) is 3.12. The molecule has 0 radical (unpaired) electrons. The number of hydrogen-bond acceptors (Lipinski definition) is 6. The predicted octanol–water partition coefficient (Wildman–Crippen LogP) is 4.69. The van der Waals surface area contributed by atoms with Gasteiger partial charge in [-0.05, 0) is 48.6 Å². The number of para-hydroxylation sites is 1. The van der Waals surface area contributed by atoms with Gasteiger partial charge < -0.3 is 4.52 Å². The van der Waals surface area contributed by atoms with E-state index >= 15 is 0 Å². The van der Waals surface area contributed by atoms with Crippen molar-refractivity contribution in [2.75, 3.05) is 0 Å². The Hall–Kier alpha value is -3.21. The molecule has 24 heavy (non-hydrogen) atoms. The minimum absolute atomic E-state index is 0.448. The summed E-state index contributed by atoms with van der Waals surface area (Å²) >= 11 is 4.59. The molecule has 0 amide bonds. The second kappa shape index (κ2) is 6.12. The van der Waals surface area contributed by atoms with E-state index in [1.165, 1.54) is 0 Å². The SMILES string of the molecule is S=C=Nc1ccc(-c2nc(-c3ccnc4ccccc34)no2)cc1. The molecule has 4 rings (SSSR count). The van der Waals surface area contributed by atoms with Crippen LogP contribution in [0.25, 0.3) is 33.7 Å². The number of aliphatic imine (C=N–C) groups is 1. The molecule has 114 valence electrons. The van der Waals surface area contributed by atoms with E-state index in [1.807, 2.05) is 54.6 Å². The first-order valence-electron chi connectivity index (χ1n) is 7.21. The van der Waals surface area contributed by atoms with Crippen LogP contribution >= 0.6 is 12.2 Å². The summed E-state index contributed by atoms with van der Waals surface area (Å²) < 4.78 is 5.41. The molecule has 2 aromatic heterocycles. The van der Waals surface area contributed by atoms with Gasteiger partial charge in [-0.3, -0.25) is 4.98 Å². The van der Waals surface area contributed by atoms with E-state index in [2.05, 4.69) is 37.5 Å². The van der Waals surface area contributed by atoms with Gasteiger partial charge in [-0.2, -0.15) is 9.98 Å². The molecule has 6 heteroatoms. The molecule has 0 saturated heterocycles. The molecule has 0 bridgehead atoms. The summed E-state index contributed by atoms with van der Waals surface area (Å²) in [6, 6.07) is 17.1. The zero-order valence-electron chi connectivity index (χ0n) is 12.4. The monoisotopic (exact) mass is 330 g/mol. The first kappa shape index (κ1) is 14.4. The molecule has 0 spiro atoms. The number of nitrogens with zero attached hydrogens (tertiary/aromatic N) is 4. The molecule has 0 saturated carbocycles. The second-order valence-electron chi connectivity index (χ2n) is 5.05. The topological polar surface area (TPSA) is 64.2 Å². The molecule has 5 nitrogen and oxygen atoms in total. The maximum absolute atomic E-state index is 5.41. The van der Waals surface area contributed by atoms with Crippen LogP contribution in [0.15, 0.2) is 70.3 Å². The molecular formula is C18H10N4OS. The van der Waals surface area contributed by atoms with Crippen molar-refractivity contribution < 1.29 is 4.52 Å². The third-order valence-electron chi connectivity index (χ3n) is 3.60. The number of isothiocyanates is 1.